The standard InChI is InChI=1S/C8H13N/c1-6-5-9(4)8(3)7(6)2/h5H,1-4H3. The molecule has 0 saturated carbocycles. The Kier molecular flexibility index (Phi) is 1.35. The Morgan fingerprint density at radius 3 is 1.89 bits per heavy atom. The minimum atomic E-state index is 1.37. The first-order chi connectivity index (χ1) is 4.13. The van der Waals surface area contributed by atoms with Crippen LogP contribution in [0.3, 0.4) is 0 Å². The van der Waals surface area contributed by atoms with E-state index in [1.165, 1.54) is 16.8 Å². The van der Waals surface area contributed by atoms with Crippen LogP contribution in [0.2, 0.25) is 0 Å². The zero-order valence-electron chi connectivity index (χ0n) is 6.52. The van der Waals surface area contributed by atoms with E-state index in [9.17, 15) is 0 Å². The van der Waals surface area contributed by atoms with E-state index in [4.69, 9.17) is 0 Å². The molecular formula is C8H13N. The Labute approximate surface area is 56.3 Å². The molecule has 0 radical (unpaired) electrons. The molecule has 0 saturated heterocycles. The molecule has 1 heterocycles. The van der Waals surface area contributed by atoms with Gasteiger partial charge in [0.25, 0.3) is 0 Å². The Morgan fingerprint density at radius 2 is 1.78 bits per heavy atom. The number of rotatable bonds is 0. The molecular weight excluding hydrogens is 110 g/mol. The van der Waals surface area contributed by atoms with Crippen molar-refractivity contribution < 1.29 is 0 Å². The van der Waals surface area contributed by atoms with Crippen molar-refractivity contribution in [2.45, 2.75) is 20.8 Å². The van der Waals surface area contributed by atoms with Gasteiger partial charge in [0, 0.05) is 18.9 Å². The quantitative estimate of drug-likeness (QED) is 0.497. The van der Waals surface area contributed by atoms with Crippen LogP contribution in [0.4, 0.5) is 0 Å². The fourth-order valence-electron chi connectivity index (χ4n) is 1.03. The lowest BCUT2D eigenvalue weighted by molar-refractivity contribution is 0.876. The molecule has 1 aromatic heterocycles. The monoisotopic (exact) mass is 123 g/mol. The lowest BCUT2D eigenvalue weighted by atomic mass is 10.2. The Balaban J connectivity index is 3.29. The number of aryl methyl sites for hydroxylation is 2. The molecule has 0 aliphatic carbocycles. The highest BCUT2D eigenvalue weighted by Gasteiger charge is 1.99. The van der Waals surface area contributed by atoms with Crippen molar-refractivity contribution in [3.8, 4) is 0 Å². The second-order valence-corrected chi connectivity index (χ2v) is 2.63. The number of nitrogens with zero attached hydrogens (tertiary/aromatic N) is 1. The summed E-state index contributed by atoms with van der Waals surface area (Å²) in [5.74, 6) is 0. The number of aromatic nitrogens is 1. The molecule has 50 valence electrons. The Morgan fingerprint density at radius 1 is 1.22 bits per heavy atom. The predicted molar refractivity (Wildman–Crippen MR) is 39.6 cm³/mol. The van der Waals surface area contributed by atoms with Crippen LogP contribution in [-0.4, -0.2) is 4.57 Å². The van der Waals surface area contributed by atoms with Gasteiger partial charge in [0.05, 0.1) is 0 Å². The Hall–Kier alpha value is -0.720. The normalized spacial score (nSPS) is 10.2. The van der Waals surface area contributed by atoms with Gasteiger partial charge in [-0.25, -0.2) is 0 Å². The third-order valence-corrected chi connectivity index (χ3v) is 2.05. The van der Waals surface area contributed by atoms with E-state index in [1.807, 2.05) is 0 Å². The summed E-state index contributed by atoms with van der Waals surface area (Å²) in [6, 6.07) is 0. The van der Waals surface area contributed by atoms with Crippen molar-refractivity contribution in [3.63, 3.8) is 0 Å². The van der Waals surface area contributed by atoms with Gasteiger partial charge in [-0.1, -0.05) is 0 Å². The first-order valence-electron chi connectivity index (χ1n) is 3.22. The summed E-state index contributed by atoms with van der Waals surface area (Å²) in [5.41, 5.74) is 4.17. The van der Waals surface area contributed by atoms with Crippen LogP contribution in [0.1, 0.15) is 16.8 Å². The van der Waals surface area contributed by atoms with Crippen molar-refractivity contribution in [1.29, 1.82) is 0 Å². The molecule has 0 spiro atoms. The van der Waals surface area contributed by atoms with Gasteiger partial charge in [-0.15, -0.1) is 0 Å². The van der Waals surface area contributed by atoms with E-state index < -0.39 is 0 Å². The molecule has 9 heavy (non-hydrogen) atoms. The highest BCUT2D eigenvalue weighted by molar-refractivity contribution is 5.28. The van der Waals surface area contributed by atoms with Gasteiger partial charge in [-0.2, -0.15) is 0 Å². The van der Waals surface area contributed by atoms with Crippen LogP contribution in [0.25, 0.3) is 0 Å². The van der Waals surface area contributed by atoms with E-state index in [0.29, 0.717) is 0 Å². The highest BCUT2D eigenvalue weighted by atomic mass is 14.9. The van der Waals surface area contributed by atoms with E-state index in [2.05, 4.69) is 38.6 Å². The van der Waals surface area contributed by atoms with Crippen LogP contribution in [0.5, 0.6) is 0 Å². The topological polar surface area (TPSA) is 4.93 Å². The molecule has 0 unspecified atom stereocenters. The lowest BCUT2D eigenvalue weighted by Gasteiger charge is -1.93. The maximum Gasteiger partial charge on any atom is 0.0172 e. The van der Waals surface area contributed by atoms with Gasteiger partial charge in [0.2, 0.25) is 0 Å². The molecule has 0 fully saturated rings. The van der Waals surface area contributed by atoms with Gasteiger partial charge in [0.15, 0.2) is 0 Å². The molecule has 0 aliphatic rings. The molecule has 0 aliphatic heterocycles. The second-order valence-electron chi connectivity index (χ2n) is 2.63. The molecule has 0 N–H and O–H groups in total. The van der Waals surface area contributed by atoms with Gasteiger partial charge in [-0.05, 0) is 31.9 Å². The molecule has 1 rings (SSSR count). The molecule has 0 amide bonds. The van der Waals surface area contributed by atoms with Crippen molar-refractivity contribution in [2.24, 2.45) is 7.05 Å². The van der Waals surface area contributed by atoms with Crippen LogP contribution < -0.4 is 0 Å². The van der Waals surface area contributed by atoms with Crippen LogP contribution in [-0.2, 0) is 7.05 Å². The lowest BCUT2D eigenvalue weighted by Crippen LogP contribution is -1.87. The third-order valence-electron chi connectivity index (χ3n) is 2.05. The fraction of sp³-hybridized carbons (Fsp3) is 0.500. The number of hydrogen-bond donors (Lipinski definition) is 0. The molecule has 1 nitrogen and oxygen atoms in total. The second kappa shape index (κ2) is 1.90. The predicted octanol–water partition coefficient (Wildman–Crippen LogP) is 1.95. The van der Waals surface area contributed by atoms with E-state index in [0.717, 1.165) is 0 Å². The smallest absolute Gasteiger partial charge is 0.0172 e. The summed E-state index contributed by atoms with van der Waals surface area (Å²) in [6.07, 6.45) is 2.16. The van der Waals surface area contributed by atoms with E-state index >= 15 is 0 Å². The SMILES string of the molecule is Cc1cn(C)c(C)c1C. The summed E-state index contributed by atoms with van der Waals surface area (Å²) < 4.78 is 2.16. The van der Waals surface area contributed by atoms with Crippen molar-refractivity contribution in [1.82, 2.24) is 4.57 Å². The molecule has 0 atom stereocenters. The number of hydrogen-bond acceptors (Lipinski definition) is 0. The fourth-order valence-corrected chi connectivity index (χ4v) is 1.03. The van der Waals surface area contributed by atoms with E-state index in [-0.39, 0.29) is 0 Å². The average molecular weight is 123 g/mol. The molecule has 0 bridgehead atoms. The van der Waals surface area contributed by atoms with Gasteiger partial charge < -0.3 is 4.57 Å². The zero-order chi connectivity index (χ0) is 7.02. The summed E-state index contributed by atoms with van der Waals surface area (Å²) in [6.45, 7) is 6.44. The maximum absolute atomic E-state index is 2.16. The van der Waals surface area contributed by atoms with Crippen molar-refractivity contribution in [2.75, 3.05) is 0 Å². The largest absolute Gasteiger partial charge is 0.354 e. The zero-order valence-corrected chi connectivity index (χ0v) is 6.52. The summed E-state index contributed by atoms with van der Waals surface area (Å²) in [5, 5.41) is 0. The first-order valence-corrected chi connectivity index (χ1v) is 3.22. The first kappa shape index (κ1) is 6.40. The maximum atomic E-state index is 2.16. The van der Waals surface area contributed by atoms with Gasteiger partial charge in [0.1, 0.15) is 0 Å². The van der Waals surface area contributed by atoms with Gasteiger partial charge in [-0.3, -0.25) is 0 Å². The summed E-state index contributed by atoms with van der Waals surface area (Å²) in [4.78, 5) is 0. The molecule has 1 heteroatoms. The Bertz CT molecular complexity index is 198. The summed E-state index contributed by atoms with van der Waals surface area (Å²) in [7, 11) is 2.08. The molecule has 1 aromatic rings. The van der Waals surface area contributed by atoms with Crippen molar-refractivity contribution >= 4 is 0 Å². The summed E-state index contributed by atoms with van der Waals surface area (Å²) >= 11 is 0. The minimum Gasteiger partial charge on any atom is -0.354 e. The third kappa shape index (κ3) is 0.869. The molecule has 0 aromatic carbocycles. The van der Waals surface area contributed by atoms with Crippen LogP contribution in [0.15, 0.2) is 6.20 Å². The van der Waals surface area contributed by atoms with Crippen LogP contribution in [0, 0.1) is 20.8 Å². The van der Waals surface area contributed by atoms with Gasteiger partial charge >= 0.3 is 0 Å². The van der Waals surface area contributed by atoms with Crippen molar-refractivity contribution in [3.05, 3.63) is 23.0 Å². The highest BCUT2D eigenvalue weighted by Crippen LogP contribution is 2.11. The van der Waals surface area contributed by atoms with Crippen LogP contribution >= 0.6 is 0 Å². The minimum absolute atomic E-state index is 1.37. The average Bonchev–Trinajstić information content (AvgIpc) is 1.98. The van der Waals surface area contributed by atoms with E-state index in [1.54, 1.807) is 0 Å².